The van der Waals surface area contributed by atoms with Gasteiger partial charge in [-0.15, -0.1) is 0 Å². The quantitative estimate of drug-likeness (QED) is 0.794. The highest BCUT2D eigenvalue weighted by Crippen LogP contribution is 2.26. The third-order valence-corrected chi connectivity index (χ3v) is 2.97. The van der Waals surface area contributed by atoms with Crippen molar-refractivity contribution in [3.63, 3.8) is 0 Å². The van der Waals surface area contributed by atoms with Crippen LogP contribution in [0.4, 0.5) is 5.69 Å². The van der Waals surface area contributed by atoms with Crippen LogP contribution in [0, 0.1) is 0 Å². The van der Waals surface area contributed by atoms with Crippen LogP contribution in [0.1, 0.15) is 24.2 Å². The molecule has 0 radical (unpaired) electrons. The minimum atomic E-state index is -0.121. The van der Waals surface area contributed by atoms with E-state index in [9.17, 15) is 9.90 Å². The van der Waals surface area contributed by atoms with Crippen LogP contribution in [0.25, 0.3) is 0 Å². The van der Waals surface area contributed by atoms with Gasteiger partial charge in [0.1, 0.15) is 5.75 Å². The number of ether oxygens (including phenoxy) is 1. The predicted molar refractivity (Wildman–Crippen MR) is 65.7 cm³/mol. The van der Waals surface area contributed by atoms with Crippen molar-refractivity contribution in [1.29, 1.82) is 0 Å². The van der Waals surface area contributed by atoms with Gasteiger partial charge in [-0.25, -0.2) is 0 Å². The summed E-state index contributed by atoms with van der Waals surface area (Å²) in [6.07, 6.45) is 0.193. The number of carbonyl (C=O) groups excluding carboxylic acids is 1. The number of ketones is 1. The van der Waals surface area contributed by atoms with Crippen LogP contribution in [0.3, 0.4) is 0 Å². The number of Topliss-reactive ketones (excluding diaryl/α,β-unsaturated/α-hetero) is 1. The second-order valence-electron chi connectivity index (χ2n) is 4.39. The third-order valence-electron chi connectivity index (χ3n) is 2.97. The standard InChI is InChI=1S/C13H17NO3/c1-9-8-14(5-6-17-9)11-3-4-12(10(2)15)13(16)7-11/h3-4,7,9,16H,5-6,8H2,1-2H3. The van der Waals surface area contributed by atoms with Gasteiger partial charge in [-0.1, -0.05) is 0 Å². The molecular weight excluding hydrogens is 218 g/mol. The third kappa shape index (κ3) is 2.58. The number of rotatable bonds is 2. The summed E-state index contributed by atoms with van der Waals surface area (Å²) in [5.41, 5.74) is 1.30. The number of phenols is 1. The van der Waals surface area contributed by atoms with E-state index in [2.05, 4.69) is 4.90 Å². The van der Waals surface area contributed by atoms with E-state index in [0.717, 1.165) is 18.8 Å². The van der Waals surface area contributed by atoms with Gasteiger partial charge in [0.05, 0.1) is 18.3 Å². The Balaban J connectivity index is 2.22. The van der Waals surface area contributed by atoms with E-state index in [0.29, 0.717) is 12.2 Å². The zero-order chi connectivity index (χ0) is 12.4. The number of hydrogen-bond donors (Lipinski definition) is 1. The maximum atomic E-state index is 11.2. The first-order valence-electron chi connectivity index (χ1n) is 5.78. The first kappa shape index (κ1) is 11.9. The molecule has 1 fully saturated rings. The molecule has 1 unspecified atom stereocenters. The van der Waals surface area contributed by atoms with E-state index in [-0.39, 0.29) is 17.6 Å². The van der Waals surface area contributed by atoms with Crippen molar-refractivity contribution in [2.24, 2.45) is 0 Å². The number of carbonyl (C=O) groups is 1. The van der Waals surface area contributed by atoms with Crippen LogP contribution in [0.2, 0.25) is 0 Å². The van der Waals surface area contributed by atoms with E-state index in [1.54, 1.807) is 12.1 Å². The number of nitrogens with zero attached hydrogens (tertiary/aromatic N) is 1. The lowest BCUT2D eigenvalue weighted by Crippen LogP contribution is -2.41. The Morgan fingerprint density at radius 1 is 1.53 bits per heavy atom. The minimum Gasteiger partial charge on any atom is -0.507 e. The Morgan fingerprint density at radius 3 is 2.88 bits per heavy atom. The molecule has 0 spiro atoms. The normalized spacial score (nSPS) is 20.4. The molecule has 0 aliphatic carbocycles. The molecule has 1 heterocycles. The summed E-state index contributed by atoms with van der Waals surface area (Å²) in [5.74, 6) is -0.0708. The number of benzene rings is 1. The van der Waals surface area contributed by atoms with Crippen molar-refractivity contribution in [3.05, 3.63) is 23.8 Å². The molecule has 1 saturated heterocycles. The van der Waals surface area contributed by atoms with Crippen LogP contribution >= 0.6 is 0 Å². The summed E-state index contributed by atoms with van der Waals surface area (Å²) in [7, 11) is 0. The summed E-state index contributed by atoms with van der Waals surface area (Å²) in [6, 6.07) is 5.19. The van der Waals surface area contributed by atoms with Gasteiger partial charge in [0.25, 0.3) is 0 Å². The van der Waals surface area contributed by atoms with Gasteiger partial charge in [-0.2, -0.15) is 0 Å². The number of anilines is 1. The van der Waals surface area contributed by atoms with Crippen molar-refractivity contribution in [2.45, 2.75) is 20.0 Å². The monoisotopic (exact) mass is 235 g/mol. The summed E-state index contributed by atoms with van der Waals surface area (Å²) < 4.78 is 5.46. The molecule has 0 aromatic heterocycles. The van der Waals surface area contributed by atoms with E-state index in [1.165, 1.54) is 6.92 Å². The highest BCUT2D eigenvalue weighted by atomic mass is 16.5. The molecule has 1 aliphatic heterocycles. The molecule has 1 atom stereocenters. The fourth-order valence-electron chi connectivity index (χ4n) is 2.07. The number of morpholine rings is 1. The lowest BCUT2D eigenvalue weighted by Gasteiger charge is -2.33. The topological polar surface area (TPSA) is 49.8 Å². The smallest absolute Gasteiger partial charge is 0.163 e. The van der Waals surface area contributed by atoms with E-state index in [1.807, 2.05) is 13.0 Å². The van der Waals surface area contributed by atoms with Crippen LogP contribution in [0.5, 0.6) is 5.75 Å². The Labute approximate surface area is 101 Å². The maximum Gasteiger partial charge on any atom is 0.163 e. The maximum absolute atomic E-state index is 11.2. The average molecular weight is 235 g/mol. The molecular formula is C13H17NO3. The molecule has 1 aromatic rings. The van der Waals surface area contributed by atoms with Crippen molar-refractivity contribution >= 4 is 11.5 Å². The van der Waals surface area contributed by atoms with Crippen LogP contribution < -0.4 is 4.90 Å². The average Bonchev–Trinajstić information content (AvgIpc) is 2.28. The van der Waals surface area contributed by atoms with Gasteiger partial charge in [-0.3, -0.25) is 4.79 Å². The molecule has 2 rings (SSSR count). The molecule has 1 aliphatic rings. The number of aromatic hydroxyl groups is 1. The Bertz CT molecular complexity index is 431. The zero-order valence-electron chi connectivity index (χ0n) is 10.1. The SMILES string of the molecule is CC(=O)c1ccc(N2CCOC(C)C2)cc1O. The van der Waals surface area contributed by atoms with Gasteiger partial charge in [0, 0.05) is 24.8 Å². The second-order valence-corrected chi connectivity index (χ2v) is 4.39. The molecule has 4 heteroatoms. The van der Waals surface area contributed by atoms with E-state index >= 15 is 0 Å². The van der Waals surface area contributed by atoms with Gasteiger partial charge in [0.15, 0.2) is 5.78 Å². The summed E-state index contributed by atoms with van der Waals surface area (Å²) in [4.78, 5) is 13.4. The number of phenolic OH excluding ortho intramolecular Hbond substituents is 1. The fraction of sp³-hybridized carbons (Fsp3) is 0.462. The van der Waals surface area contributed by atoms with Crippen molar-refractivity contribution in [1.82, 2.24) is 0 Å². The summed E-state index contributed by atoms with van der Waals surface area (Å²) in [6.45, 7) is 5.78. The predicted octanol–water partition coefficient (Wildman–Crippen LogP) is 1.82. The highest BCUT2D eigenvalue weighted by Gasteiger charge is 2.18. The molecule has 4 nitrogen and oxygen atoms in total. The second kappa shape index (κ2) is 4.75. The lowest BCUT2D eigenvalue weighted by molar-refractivity contribution is 0.0532. The molecule has 1 N–H and O–H groups in total. The lowest BCUT2D eigenvalue weighted by atomic mass is 10.1. The first-order valence-corrected chi connectivity index (χ1v) is 5.78. The van der Waals surface area contributed by atoms with Gasteiger partial charge < -0.3 is 14.7 Å². The van der Waals surface area contributed by atoms with Crippen molar-refractivity contribution in [3.8, 4) is 5.75 Å². The largest absolute Gasteiger partial charge is 0.507 e. The van der Waals surface area contributed by atoms with Gasteiger partial charge >= 0.3 is 0 Å². The Hall–Kier alpha value is -1.55. The Morgan fingerprint density at radius 2 is 2.29 bits per heavy atom. The molecule has 0 amide bonds. The van der Waals surface area contributed by atoms with Gasteiger partial charge in [-0.05, 0) is 26.0 Å². The highest BCUT2D eigenvalue weighted by molar-refractivity contribution is 5.97. The van der Waals surface area contributed by atoms with E-state index < -0.39 is 0 Å². The van der Waals surface area contributed by atoms with Crippen molar-refractivity contribution in [2.75, 3.05) is 24.6 Å². The van der Waals surface area contributed by atoms with E-state index in [4.69, 9.17) is 4.74 Å². The minimum absolute atomic E-state index is 0.0501. The molecule has 0 saturated carbocycles. The molecule has 92 valence electrons. The molecule has 1 aromatic carbocycles. The first-order chi connectivity index (χ1) is 8.08. The summed E-state index contributed by atoms with van der Waals surface area (Å²) in [5, 5.41) is 9.78. The molecule has 17 heavy (non-hydrogen) atoms. The zero-order valence-corrected chi connectivity index (χ0v) is 10.1. The Kier molecular flexibility index (Phi) is 3.33. The van der Waals surface area contributed by atoms with Gasteiger partial charge in [0.2, 0.25) is 0 Å². The van der Waals surface area contributed by atoms with Crippen LogP contribution in [0.15, 0.2) is 18.2 Å². The fourth-order valence-corrected chi connectivity index (χ4v) is 2.07. The molecule has 0 bridgehead atoms. The van der Waals surface area contributed by atoms with Crippen LogP contribution in [-0.2, 0) is 4.74 Å². The van der Waals surface area contributed by atoms with Crippen LogP contribution in [-0.4, -0.2) is 36.7 Å². The number of hydrogen-bond acceptors (Lipinski definition) is 4. The summed E-state index contributed by atoms with van der Waals surface area (Å²) >= 11 is 0. The van der Waals surface area contributed by atoms with Crippen molar-refractivity contribution < 1.29 is 14.6 Å².